The van der Waals surface area contributed by atoms with Gasteiger partial charge >= 0.3 is 0 Å². The van der Waals surface area contributed by atoms with Crippen molar-refractivity contribution in [2.75, 3.05) is 31.8 Å². The lowest BCUT2D eigenvalue weighted by Crippen LogP contribution is -2.38. The van der Waals surface area contributed by atoms with Gasteiger partial charge in [-0.2, -0.15) is 5.26 Å². The Hall–Kier alpha value is -2.76. The third kappa shape index (κ3) is 4.90. The number of nitriles is 1. The monoisotopic (exact) mass is 368 g/mol. The zero-order valence-corrected chi connectivity index (χ0v) is 15.7. The van der Waals surface area contributed by atoms with E-state index in [0.29, 0.717) is 35.6 Å². The number of rotatable bonds is 7. The normalized spacial score (nSPS) is 16.6. The molecule has 3 rings (SSSR count). The van der Waals surface area contributed by atoms with Gasteiger partial charge in [0.1, 0.15) is 11.4 Å². The second-order valence-corrected chi connectivity index (χ2v) is 6.33. The molecule has 1 aromatic heterocycles. The van der Waals surface area contributed by atoms with Crippen LogP contribution in [0, 0.1) is 18.3 Å². The van der Waals surface area contributed by atoms with E-state index in [2.05, 4.69) is 31.9 Å². The Morgan fingerprint density at radius 1 is 1.37 bits per heavy atom. The molecule has 1 aromatic carbocycles. The zero-order valence-electron chi connectivity index (χ0n) is 15.7. The Morgan fingerprint density at radius 3 is 2.96 bits per heavy atom. The van der Waals surface area contributed by atoms with Gasteiger partial charge in [-0.15, -0.1) is 10.2 Å². The van der Waals surface area contributed by atoms with E-state index in [1.165, 1.54) is 0 Å². The van der Waals surface area contributed by atoms with Crippen LogP contribution in [0.2, 0.25) is 0 Å². The Bertz CT molecular complexity index is 814. The number of benzene rings is 1. The number of piperidine rings is 1. The average Bonchev–Trinajstić information content (AvgIpc) is 2.69. The van der Waals surface area contributed by atoms with Gasteiger partial charge in [-0.3, -0.25) is 0 Å². The maximum atomic E-state index is 9.15. The second kappa shape index (κ2) is 9.26. The molecule has 1 fully saturated rings. The molecule has 1 aliphatic rings. The number of nitrogens with one attached hydrogen (secondary N) is 2. The molecule has 8 heteroatoms. The van der Waals surface area contributed by atoms with Crippen molar-refractivity contribution in [1.29, 1.82) is 5.26 Å². The van der Waals surface area contributed by atoms with Gasteiger partial charge in [-0.1, -0.05) is 0 Å². The molecule has 8 nitrogen and oxygen atoms in total. The summed E-state index contributed by atoms with van der Waals surface area (Å²) in [5.41, 5.74) is 2.60. The van der Waals surface area contributed by atoms with E-state index < -0.39 is 0 Å². The number of hydrogen-bond donors (Lipinski definition) is 2. The largest absolute Gasteiger partial charge is 0.467 e. The fourth-order valence-electron chi connectivity index (χ4n) is 2.97. The fraction of sp³-hybridized carbons (Fsp3) is 0.474. The van der Waals surface area contributed by atoms with Crippen LogP contribution >= 0.6 is 0 Å². The van der Waals surface area contributed by atoms with Crippen LogP contribution in [0.5, 0.6) is 5.75 Å². The van der Waals surface area contributed by atoms with Crippen molar-refractivity contribution in [3.63, 3.8) is 0 Å². The first kappa shape index (κ1) is 19.0. The SMILES string of the molecule is CCOCOc1cc(C#N)ccc1-c1nnc(N[C@@H]2CCCNC2)nc1C. The van der Waals surface area contributed by atoms with E-state index >= 15 is 0 Å². The van der Waals surface area contributed by atoms with Crippen LogP contribution in [-0.2, 0) is 4.74 Å². The van der Waals surface area contributed by atoms with Crippen LogP contribution in [0.4, 0.5) is 5.95 Å². The summed E-state index contributed by atoms with van der Waals surface area (Å²) in [7, 11) is 0. The highest BCUT2D eigenvalue weighted by molar-refractivity contribution is 5.70. The predicted octanol–water partition coefficient (Wildman–Crippen LogP) is 2.26. The van der Waals surface area contributed by atoms with Crippen molar-refractivity contribution in [2.45, 2.75) is 32.7 Å². The van der Waals surface area contributed by atoms with Gasteiger partial charge in [-0.25, -0.2) is 4.98 Å². The summed E-state index contributed by atoms with van der Waals surface area (Å²) in [5, 5.41) is 24.4. The van der Waals surface area contributed by atoms with E-state index in [1.54, 1.807) is 18.2 Å². The van der Waals surface area contributed by atoms with Gasteiger partial charge in [-0.05, 0) is 51.4 Å². The predicted molar refractivity (Wildman–Crippen MR) is 101 cm³/mol. The third-order valence-electron chi connectivity index (χ3n) is 4.36. The minimum absolute atomic E-state index is 0.104. The molecule has 27 heavy (non-hydrogen) atoms. The number of hydrogen-bond acceptors (Lipinski definition) is 8. The maximum absolute atomic E-state index is 9.15. The minimum Gasteiger partial charge on any atom is -0.467 e. The van der Waals surface area contributed by atoms with Crippen LogP contribution in [-0.4, -0.2) is 47.7 Å². The Morgan fingerprint density at radius 2 is 2.26 bits per heavy atom. The number of aromatic nitrogens is 3. The van der Waals surface area contributed by atoms with Crippen molar-refractivity contribution >= 4 is 5.95 Å². The van der Waals surface area contributed by atoms with Crippen molar-refractivity contribution in [3.8, 4) is 23.1 Å². The van der Waals surface area contributed by atoms with E-state index in [-0.39, 0.29) is 6.79 Å². The van der Waals surface area contributed by atoms with Gasteiger partial charge in [0.2, 0.25) is 5.95 Å². The average molecular weight is 368 g/mol. The first-order chi connectivity index (χ1) is 13.2. The summed E-state index contributed by atoms with van der Waals surface area (Å²) in [6.07, 6.45) is 2.22. The topological polar surface area (TPSA) is 105 Å². The standard InChI is InChI=1S/C19H24N6O2/c1-3-26-12-27-17-9-14(10-20)6-7-16(17)18-13(2)22-19(25-24-18)23-15-5-4-8-21-11-15/h6-7,9,15,21H,3-5,8,11-12H2,1-2H3,(H,22,23,25)/t15-/m1/s1. The van der Waals surface area contributed by atoms with E-state index in [9.17, 15) is 0 Å². The highest BCUT2D eigenvalue weighted by atomic mass is 16.7. The molecular formula is C19H24N6O2. The molecule has 0 radical (unpaired) electrons. The van der Waals surface area contributed by atoms with Crippen LogP contribution < -0.4 is 15.4 Å². The van der Waals surface area contributed by atoms with Crippen LogP contribution in [0.3, 0.4) is 0 Å². The van der Waals surface area contributed by atoms with Crippen LogP contribution in [0.25, 0.3) is 11.3 Å². The summed E-state index contributed by atoms with van der Waals surface area (Å²) < 4.78 is 11.0. The molecule has 0 unspecified atom stereocenters. The lowest BCUT2D eigenvalue weighted by atomic mass is 10.1. The van der Waals surface area contributed by atoms with Crippen molar-refractivity contribution < 1.29 is 9.47 Å². The summed E-state index contributed by atoms with van der Waals surface area (Å²) in [6, 6.07) is 7.63. The molecule has 142 valence electrons. The first-order valence-electron chi connectivity index (χ1n) is 9.15. The summed E-state index contributed by atoms with van der Waals surface area (Å²) >= 11 is 0. The smallest absolute Gasteiger partial charge is 0.243 e. The summed E-state index contributed by atoms with van der Waals surface area (Å²) in [4.78, 5) is 4.56. The quantitative estimate of drug-likeness (QED) is 0.566. The minimum atomic E-state index is 0.104. The molecule has 2 aromatic rings. The van der Waals surface area contributed by atoms with Gasteiger partial charge < -0.3 is 20.1 Å². The highest BCUT2D eigenvalue weighted by Gasteiger charge is 2.17. The van der Waals surface area contributed by atoms with E-state index in [1.807, 2.05) is 13.8 Å². The van der Waals surface area contributed by atoms with Gasteiger partial charge in [0.15, 0.2) is 6.79 Å². The lowest BCUT2D eigenvalue weighted by molar-refractivity contribution is 0.0227. The zero-order chi connectivity index (χ0) is 19.1. The third-order valence-corrected chi connectivity index (χ3v) is 4.36. The summed E-state index contributed by atoms with van der Waals surface area (Å²) in [6.45, 7) is 6.38. The molecule has 0 saturated carbocycles. The Kier molecular flexibility index (Phi) is 6.52. The molecule has 2 heterocycles. The lowest BCUT2D eigenvalue weighted by Gasteiger charge is -2.23. The Balaban J connectivity index is 1.83. The molecule has 1 aliphatic heterocycles. The molecule has 0 bridgehead atoms. The molecule has 1 atom stereocenters. The molecule has 0 spiro atoms. The van der Waals surface area contributed by atoms with E-state index in [0.717, 1.165) is 37.2 Å². The maximum Gasteiger partial charge on any atom is 0.243 e. The van der Waals surface area contributed by atoms with Crippen molar-refractivity contribution in [2.24, 2.45) is 0 Å². The summed E-state index contributed by atoms with van der Waals surface area (Å²) in [5.74, 6) is 1.05. The van der Waals surface area contributed by atoms with E-state index in [4.69, 9.17) is 14.7 Å². The number of aryl methyl sites for hydroxylation is 1. The molecular weight excluding hydrogens is 344 g/mol. The molecule has 1 saturated heterocycles. The van der Waals surface area contributed by atoms with Gasteiger partial charge in [0.25, 0.3) is 0 Å². The van der Waals surface area contributed by atoms with Gasteiger partial charge in [0.05, 0.1) is 17.3 Å². The Labute approximate surface area is 158 Å². The highest BCUT2D eigenvalue weighted by Crippen LogP contribution is 2.31. The van der Waals surface area contributed by atoms with Crippen molar-refractivity contribution in [1.82, 2.24) is 20.5 Å². The number of ether oxygens (including phenoxy) is 2. The number of anilines is 1. The second-order valence-electron chi connectivity index (χ2n) is 6.33. The van der Waals surface area contributed by atoms with Crippen LogP contribution in [0.15, 0.2) is 18.2 Å². The molecule has 0 aliphatic carbocycles. The molecule has 0 amide bonds. The van der Waals surface area contributed by atoms with Crippen LogP contribution in [0.1, 0.15) is 31.0 Å². The first-order valence-corrected chi connectivity index (χ1v) is 9.15. The fourth-order valence-corrected chi connectivity index (χ4v) is 2.97. The number of nitrogens with zero attached hydrogens (tertiary/aromatic N) is 4. The van der Waals surface area contributed by atoms with Crippen molar-refractivity contribution in [3.05, 3.63) is 29.5 Å². The molecule has 2 N–H and O–H groups in total. The van der Waals surface area contributed by atoms with Gasteiger partial charge in [0, 0.05) is 24.8 Å².